The second-order valence-electron chi connectivity index (χ2n) is 7.17. The number of hydrogen-bond donors (Lipinski definition) is 1. The van der Waals surface area contributed by atoms with Gasteiger partial charge in [0.1, 0.15) is 6.54 Å². The van der Waals surface area contributed by atoms with Crippen molar-refractivity contribution in [3.8, 4) is 0 Å². The van der Waals surface area contributed by atoms with Crippen LogP contribution >= 0.6 is 0 Å². The second kappa shape index (κ2) is 10.2. The van der Waals surface area contributed by atoms with Crippen LogP contribution in [0.2, 0.25) is 0 Å². The van der Waals surface area contributed by atoms with Gasteiger partial charge >= 0.3 is 5.97 Å². The molecule has 0 fully saturated rings. The molecule has 0 bridgehead atoms. The van der Waals surface area contributed by atoms with E-state index in [1.807, 2.05) is 19.9 Å². The van der Waals surface area contributed by atoms with E-state index in [2.05, 4.69) is 5.32 Å². The zero-order valence-electron chi connectivity index (χ0n) is 17.8. The van der Waals surface area contributed by atoms with Gasteiger partial charge in [0, 0.05) is 5.69 Å². The minimum absolute atomic E-state index is 0.358. The largest absolute Gasteiger partial charge is 0.462 e. The fraction of sp³-hybridized carbons (Fsp3) is 0.364. The van der Waals surface area contributed by atoms with Crippen LogP contribution in [0.15, 0.2) is 42.5 Å². The summed E-state index contributed by atoms with van der Waals surface area (Å²) in [6.07, 6.45) is 2.81. The fourth-order valence-electron chi connectivity index (χ4n) is 2.88. The van der Waals surface area contributed by atoms with Crippen LogP contribution < -0.4 is 9.62 Å². The highest BCUT2D eigenvalue weighted by Crippen LogP contribution is 2.23. The van der Waals surface area contributed by atoms with E-state index in [-0.39, 0.29) is 6.54 Å². The molecule has 0 saturated carbocycles. The molecule has 7 nitrogen and oxygen atoms in total. The van der Waals surface area contributed by atoms with Gasteiger partial charge in [-0.2, -0.15) is 0 Å². The number of ether oxygens (including phenoxy) is 1. The van der Waals surface area contributed by atoms with Gasteiger partial charge in [-0.25, -0.2) is 13.2 Å². The summed E-state index contributed by atoms with van der Waals surface area (Å²) in [7, 11) is -3.66. The van der Waals surface area contributed by atoms with E-state index in [4.69, 9.17) is 4.74 Å². The molecule has 0 aliphatic rings. The number of benzene rings is 2. The normalized spacial score (nSPS) is 11.1. The zero-order valence-corrected chi connectivity index (χ0v) is 18.6. The lowest BCUT2D eigenvalue weighted by Gasteiger charge is -2.24. The molecule has 0 heterocycles. The van der Waals surface area contributed by atoms with Crippen LogP contribution in [0, 0.1) is 13.8 Å². The summed E-state index contributed by atoms with van der Waals surface area (Å²) in [6.45, 7) is 5.74. The number of carbonyl (C=O) groups excluding carboxylic acids is 2. The van der Waals surface area contributed by atoms with Crippen LogP contribution in [-0.4, -0.2) is 39.7 Å². The Bertz CT molecular complexity index is 1000. The molecule has 0 aliphatic heterocycles. The molecule has 2 aromatic rings. The molecule has 0 radical (unpaired) electrons. The number of rotatable bonds is 9. The van der Waals surface area contributed by atoms with Crippen molar-refractivity contribution in [2.75, 3.05) is 29.0 Å². The minimum Gasteiger partial charge on any atom is -0.462 e. The highest BCUT2D eigenvalue weighted by Gasteiger charge is 2.22. The smallest absolute Gasteiger partial charge is 0.338 e. The molecule has 1 N–H and O–H groups in total. The minimum atomic E-state index is -3.66. The second-order valence-corrected chi connectivity index (χ2v) is 9.08. The Hall–Kier alpha value is -2.87. The maximum Gasteiger partial charge on any atom is 0.338 e. The maximum atomic E-state index is 12.5. The number of hydrogen-bond acceptors (Lipinski definition) is 5. The van der Waals surface area contributed by atoms with Gasteiger partial charge in [-0.15, -0.1) is 0 Å². The maximum absolute atomic E-state index is 12.5. The molecule has 0 atom stereocenters. The van der Waals surface area contributed by atoms with E-state index in [0.717, 1.165) is 34.5 Å². The number of sulfonamides is 1. The first kappa shape index (κ1) is 23.4. The first-order valence-electron chi connectivity index (χ1n) is 9.74. The molecular formula is C22H28N2O5S. The average Bonchev–Trinajstić information content (AvgIpc) is 2.66. The summed E-state index contributed by atoms with van der Waals surface area (Å²) < 4.78 is 30.8. The molecule has 30 heavy (non-hydrogen) atoms. The monoisotopic (exact) mass is 432 g/mol. The van der Waals surface area contributed by atoms with E-state index < -0.39 is 21.9 Å². The lowest BCUT2D eigenvalue weighted by molar-refractivity contribution is -0.114. The Kier molecular flexibility index (Phi) is 8.00. The fourth-order valence-corrected chi connectivity index (χ4v) is 3.79. The van der Waals surface area contributed by atoms with Crippen molar-refractivity contribution in [1.29, 1.82) is 0 Å². The van der Waals surface area contributed by atoms with Gasteiger partial charge in [0.15, 0.2) is 0 Å². The van der Waals surface area contributed by atoms with E-state index in [0.29, 0.717) is 23.5 Å². The average molecular weight is 433 g/mol. The Labute approximate surface area is 178 Å². The van der Waals surface area contributed by atoms with Crippen LogP contribution in [0.4, 0.5) is 11.4 Å². The van der Waals surface area contributed by atoms with E-state index in [9.17, 15) is 18.0 Å². The molecule has 0 spiro atoms. The van der Waals surface area contributed by atoms with E-state index in [1.165, 1.54) is 0 Å². The van der Waals surface area contributed by atoms with Crippen LogP contribution in [0.5, 0.6) is 0 Å². The number of aryl methyl sites for hydroxylation is 2. The zero-order chi connectivity index (χ0) is 22.3. The van der Waals surface area contributed by atoms with Crippen LogP contribution in [0.25, 0.3) is 0 Å². The molecule has 8 heteroatoms. The molecule has 0 aliphatic carbocycles. The van der Waals surface area contributed by atoms with Crippen molar-refractivity contribution < 1.29 is 22.7 Å². The van der Waals surface area contributed by atoms with Crippen molar-refractivity contribution in [1.82, 2.24) is 0 Å². The Balaban J connectivity index is 2.08. The molecular weight excluding hydrogens is 404 g/mol. The number of unbranched alkanes of at least 4 members (excludes halogenated alkanes) is 1. The SMILES string of the molecule is CCCCOC(=O)c1ccc(NC(=O)CN(c2ccc(C)cc2C)S(C)(=O)=O)cc1. The summed E-state index contributed by atoms with van der Waals surface area (Å²) >= 11 is 0. The lowest BCUT2D eigenvalue weighted by atomic mass is 10.1. The Morgan fingerprint density at radius 3 is 2.30 bits per heavy atom. The molecule has 0 aromatic heterocycles. The highest BCUT2D eigenvalue weighted by molar-refractivity contribution is 7.92. The Morgan fingerprint density at radius 1 is 1.07 bits per heavy atom. The van der Waals surface area contributed by atoms with Gasteiger partial charge in [0.25, 0.3) is 0 Å². The number of nitrogens with zero attached hydrogens (tertiary/aromatic N) is 1. The predicted octanol–water partition coefficient (Wildman–Crippen LogP) is 3.67. The van der Waals surface area contributed by atoms with Crippen molar-refractivity contribution >= 4 is 33.3 Å². The van der Waals surface area contributed by atoms with Crippen LogP contribution in [0.1, 0.15) is 41.3 Å². The Morgan fingerprint density at radius 2 is 1.73 bits per heavy atom. The van der Waals surface area contributed by atoms with Gasteiger partial charge in [-0.1, -0.05) is 31.0 Å². The van der Waals surface area contributed by atoms with Crippen LogP contribution in [0.3, 0.4) is 0 Å². The van der Waals surface area contributed by atoms with Crippen molar-refractivity contribution in [3.05, 3.63) is 59.2 Å². The van der Waals surface area contributed by atoms with Crippen LogP contribution in [-0.2, 0) is 19.6 Å². The van der Waals surface area contributed by atoms with Crippen molar-refractivity contribution in [2.24, 2.45) is 0 Å². The summed E-state index contributed by atoms with van der Waals surface area (Å²) in [5.41, 5.74) is 3.07. The molecule has 2 rings (SSSR count). The standard InChI is InChI=1S/C22H28N2O5S/c1-5-6-13-29-22(26)18-8-10-19(11-9-18)23-21(25)15-24(30(4,27)28)20-12-7-16(2)14-17(20)3/h7-12,14H,5-6,13,15H2,1-4H3,(H,23,25). The summed E-state index contributed by atoms with van der Waals surface area (Å²) in [5, 5.41) is 2.67. The quantitative estimate of drug-likeness (QED) is 0.482. The summed E-state index contributed by atoms with van der Waals surface area (Å²) in [5.74, 6) is -0.905. The number of anilines is 2. The third-order valence-electron chi connectivity index (χ3n) is 4.44. The van der Waals surface area contributed by atoms with Gasteiger partial charge in [-0.05, 0) is 56.2 Å². The van der Waals surface area contributed by atoms with E-state index in [1.54, 1.807) is 43.3 Å². The van der Waals surface area contributed by atoms with E-state index >= 15 is 0 Å². The third kappa shape index (κ3) is 6.59. The molecule has 162 valence electrons. The summed E-state index contributed by atoms with van der Waals surface area (Å²) in [4.78, 5) is 24.4. The summed E-state index contributed by atoms with van der Waals surface area (Å²) in [6, 6.07) is 11.6. The molecule has 1 amide bonds. The van der Waals surface area contributed by atoms with Gasteiger partial charge in [-0.3, -0.25) is 9.10 Å². The number of amides is 1. The topological polar surface area (TPSA) is 92.8 Å². The third-order valence-corrected chi connectivity index (χ3v) is 5.57. The number of esters is 1. The highest BCUT2D eigenvalue weighted by atomic mass is 32.2. The molecule has 2 aromatic carbocycles. The first-order valence-corrected chi connectivity index (χ1v) is 11.6. The van der Waals surface area contributed by atoms with Gasteiger partial charge in [0.2, 0.25) is 15.9 Å². The number of nitrogens with one attached hydrogen (secondary N) is 1. The predicted molar refractivity (Wildman–Crippen MR) is 118 cm³/mol. The first-order chi connectivity index (χ1) is 14.1. The van der Waals surface area contributed by atoms with Gasteiger partial charge in [0.05, 0.1) is 24.1 Å². The van der Waals surface area contributed by atoms with Crippen molar-refractivity contribution in [3.63, 3.8) is 0 Å². The molecule has 0 unspecified atom stereocenters. The van der Waals surface area contributed by atoms with Gasteiger partial charge < -0.3 is 10.1 Å². The number of carbonyl (C=O) groups is 2. The lowest BCUT2D eigenvalue weighted by Crippen LogP contribution is -2.37. The van der Waals surface area contributed by atoms with Crippen molar-refractivity contribution in [2.45, 2.75) is 33.6 Å². The molecule has 0 saturated heterocycles.